The number of hydrogen-bond acceptors (Lipinski definition) is 12. The van der Waals surface area contributed by atoms with Gasteiger partial charge in [-0.2, -0.15) is 4.37 Å². The van der Waals surface area contributed by atoms with Crippen molar-refractivity contribution in [3.05, 3.63) is 131 Å². The van der Waals surface area contributed by atoms with Gasteiger partial charge in [0, 0.05) is 62.7 Å². The SMILES string of the molecule is COc1ccccc1-c1nccc(COc2ccccc2C[C@@H](Oc2nsc3cnc(-c4cc(F)c(F)c(F)c4)c(-c4ccc(OCCN5CCN(C)CC5)c(Cl)c4C)c23)C(=O)O)n1. The molecular formula is C47H42ClF3N6O6S. The van der Waals surface area contributed by atoms with E-state index in [-0.39, 0.29) is 30.2 Å². The van der Waals surface area contributed by atoms with Gasteiger partial charge in [-0.1, -0.05) is 48.0 Å². The monoisotopic (exact) mass is 910 g/mol. The van der Waals surface area contributed by atoms with Gasteiger partial charge < -0.3 is 29.0 Å². The second kappa shape index (κ2) is 19.6. The summed E-state index contributed by atoms with van der Waals surface area (Å²) in [4.78, 5) is 31.2. The summed E-state index contributed by atoms with van der Waals surface area (Å²) in [6, 6.07) is 21.2. The Morgan fingerprint density at radius 1 is 0.906 bits per heavy atom. The van der Waals surface area contributed by atoms with Crippen molar-refractivity contribution in [2.75, 3.05) is 53.5 Å². The van der Waals surface area contributed by atoms with E-state index in [0.29, 0.717) is 84.8 Å². The number of carboxylic acids is 1. The fraction of sp³-hybridized carbons (Fsp3) is 0.255. The fourth-order valence-corrected chi connectivity index (χ4v) is 8.39. The number of carboxylic acid groups (broad SMARTS) is 1. The molecule has 0 saturated carbocycles. The molecule has 0 unspecified atom stereocenters. The highest BCUT2D eigenvalue weighted by molar-refractivity contribution is 7.13. The Hall–Kier alpha value is -6.33. The molecule has 0 spiro atoms. The third kappa shape index (κ3) is 9.60. The van der Waals surface area contributed by atoms with Crippen LogP contribution in [0.25, 0.3) is 43.9 Å². The maximum atomic E-state index is 14.8. The van der Waals surface area contributed by atoms with Gasteiger partial charge in [0.25, 0.3) is 0 Å². The predicted molar refractivity (Wildman–Crippen MR) is 238 cm³/mol. The Morgan fingerprint density at radius 3 is 2.39 bits per heavy atom. The first-order chi connectivity index (χ1) is 31.0. The second-order valence-corrected chi connectivity index (χ2v) is 16.3. The number of likely N-dealkylation sites (N-methyl/N-ethyl adjacent to an activating group) is 1. The summed E-state index contributed by atoms with van der Waals surface area (Å²) in [6.45, 7) is 6.69. The van der Waals surface area contributed by atoms with Crippen LogP contribution in [0.15, 0.2) is 91.3 Å². The number of piperazine rings is 1. The third-order valence-corrected chi connectivity index (χ3v) is 12.2. The number of benzene rings is 4. The molecule has 64 heavy (non-hydrogen) atoms. The number of aromatic nitrogens is 4. The summed E-state index contributed by atoms with van der Waals surface area (Å²) in [5.74, 6) is -3.91. The number of ether oxygens (including phenoxy) is 4. The van der Waals surface area contributed by atoms with Crippen molar-refractivity contribution in [3.63, 3.8) is 0 Å². The third-order valence-electron chi connectivity index (χ3n) is 11.0. The lowest BCUT2D eigenvalue weighted by Crippen LogP contribution is -2.45. The highest BCUT2D eigenvalue weighted by Crippen LogP contribution is 2.46. The predicted octanol–water partition coefficient (Wildman–Crippen LogP) is 9.15. The van der Waals surface area contributed by atoms with Gasteiger partial charge in [-0.05, 0) is 84.7 Å². The van der Waals surface area contributed by atoms with Gasteiger partial charge in [0.05, 0.1) is 39.2 Å². The molecular weight excluding hydrogens is 869 g/mol. The van der Waals surface area contributed by atoms with Crippen molar-refractivity contribution in [3.8, 4) is 56.9 Å². The van der Waals surface area contributed by atoms with E-state index in [9.17, 15) is 23.1 Å². The van der Waals surface area contributed by atoms with Gasteiger partial charge in [-0.25, -0.2) is 27.9 Å². The second-order valence-electron chi connectivity index (χ2n) is 15.1. The number of para-hydroxylation sites is 2. The van der Waals surface area contributed by atoms with Gasteiger partial charge in [0.15, 0.2) is 23.3 Å². The van der Waals surface area contributed by atoms with Crippen LogP contribution in [0.1, 0.15) is 16.8 Å². The van der Waals surface area contributed by atoms with E-state index >= 15 is 0 Å². The Kier molecular flexibility index (Phi) is 13.6. The Labute approximate surface area is 376 Å². The average Bonchev–Trinajstić information content (AvgIpc) is 3.72. The van der Waals surface area contributed by atoms with Crippen LogP contribution in [0, 0.1) is 24.4 Å². The molecule has 4 heterocycles. The van der Waals surface area contributed by atoms with Crippen molar-refractivity contribution in [1.29, 1.82) is 0 Å². The molecule has 330 valence electrons. The number of hydrogen-bond donors (Lipinski definition) is 1. The summed E-state index contributed by atoms with van der Waals surface area (Å²) in [7, 11) is 3.66. The van der Waals surface area contributed by atoms with Crippen LogP contribution in [0.3, 0.4) is 0 Å². The minimum atomic E-state index is -1.63. The molecule has 12 nitrogen and oxygen atoms in total. The van der Waals surface area contributed by atoms with E-state index in [2.05, 4.69) is 36.2 Å². The number of rotatable bonds is 16. The minimum absolute atomic E-state index is 0.0444. The topological polar surface area (TPSA) is 132 Å². The lowest BCUT2D eigenvalue weighted by molar-refractivity contribution is -0.145. The average molecular weight is 911 g/mol. The first kappa shape index (κ1) is 44.3. The van der Waals surface area contributed by atoms with E-state index in [4.69, 9.17) is 30.5 Å². The molecule has 0 aliphatic carbocycles. The van der Waals surface area contributed by atoms with Gasteiger partial charge in [0.1, 0.15) is 30.5 Å². The summed E-state index contributed by atoms with van der Waals surface area (Å²) in [5, 5.41) is 11.2. The van der Waals surface area contributed by atoms with Crippen LogP contribution >= 0.6 is 23.1 Å². The van der Waals surface area contributed by atoms with Crippen molar-refractivity contribution in [2.45, 2.75) is 26.1 Å². The fourth-order valence-electron chi connectivity index (χ4n) is 7.48. The van der Waals surface area contributed by atoms with Crippen LogP contribution in [-0.4, -0.2) is 99.8 Å². The van der Waals surface area contributed by atoms with Gasteiger partial charge in [-0.3, -0.25) is 9.88 Å². The smallest absolute Gasteiger partial charge is 0.345 e. The molecule has 3 aromatic heterocycles. The summed E-state index contributed by atoms with van der Waals surface area (Å²) in [5.41, 5.74) is 3.10. The molecule has 0 bridgehead atoms. The summed E-state index contributed by atoms with van der Waals surface area (Å²) in [6.07, 6.45) is 1.43. The number of fused-ring (bicyclic) bond motifs is 1. The van der Waals surface area contributed by atoms with Gasteiger partial charge >= 0.3 is 5.97 Å². The molecule has 1 aliphatic heterocycles. The Bertz CT molecular complexity index is 2800. The normalized spacial score (nSPS) is 13.8. The van der Waals surface area contributed by atoms with E-state index < -0.39 is 29.5 Å². The first-order valence-electron chi connectivity index (χ1n) is 20.3. The summed E-state index contributed by atoms with van der Waals surface area (Å²) >= 11 is 7.98. The molecule has 1 atom stereocenters. The Morgan fingerprint density at radius 2 is 1.64 bits per heavy atom. The molecule has 1 fully saturated rings. The van der Waals surface area contributed by atoms with Crippen LogP contribution in [0.5, 0.6) is 23.1 Å². The quantitative estimate of drug-likeness (QED) is 0.0928. The molecule has 1 N–H and O–H groups in total. The Balaban J connectivity index is 1.11. The van der Waals surface area contributed by atoms with E-state index in [0.717, 1.165) is 49.8 Å². The van der Waals surface area contributed by atoms with Gasteiger partial charge in [0.2, 0.25) is 12.0 Å². The van der Waals surface area contributed by atoms with Crippen LogP contribution < -0.4 is 18.9 Å². The zero-order chi connectivity index (χ0) is 44.9. The lowest BCUT2D eigenvalue weighted by atomic mass is 9.93. The van der Waals surface area contributed by atoms with E-state index in [1.54, 1.807) is 62.7 Å². The maximum Gasteiger partial charge on any atom is 0.345 e. The van der Waals surface area contributed by atoms with Crippen molar-refractivity contribution < 1.29 is 42.0 Å². The number of carbonyl (C=O) groups is 1. The minimum Gasteiger partial charge on any atom is -0.496 e. The molecule has 1 aliphatic rings. The molecule has 8 rings (SSSR count). The zero-order valence-electron chi connectivity index (χ0n) is 35.0. The number of aliphatic carboxylic acids is 1. The standard InChI is InChI=1S/C47H42ClF3N6O6S/c1-27-31(12-13-37(42(27)48)61-21-20-57-18-16-56(2)17-19-57)40-41-39(25-53-44(40)29-22-33(49)43(51)34(50)23-29)64-55-46(41)63-38(47(58)59)24-28-8-4-6-10-35(28)62-26-30-14-15-52-45(54-30)32-9-5-7-11-36(32)60-3/h4-15,22-23,25,38H,16-21,24,26H2,1-3H3,(H,58,59)/t38-/m1/s1. The van der Waals surface area contributed by atoms with Crippen LogP contribution in [0.4, 0.5) is 13.2 Å². The number of halogens is 4. The van der Waals surface area contributed by atoms with Crippen LogP contribution in [-0.2, 0) is 17.8 Å². The molecule has 0 amide bonds. The molecule has 17 heteroatoms. The highest BCUT2D eigenvalue weighted by atomic mass is 35.5. The lowest BCUT2D eigenvalue weighted by Gasteiger charge is -2.32. The number of pyridine rings is 1. The molecule has 7 aromatic rings. The zero-order valence-corrected chi connectivity index (χ0v) is 36.6. The number of methoxy groups -OCH3 is 1. The van der Waals surface area contributed by atoms with Crippen molar-refractivity contribution in [1.82, 2.24) is 29.1 Å². The van der Waals surface area contributed by atoms with Crippen LogP contribution in [0.2, 0.25) is 5.02 Å². The molecule has 1 saturated heterocycles. The maximum absolute atomic E-state index is 14.8. The first-order valence-corrected chi connectivity index (χ1v) is 21.5. The molecule has 4 aromatic carbocycles. The number of nitrogens with zero attached hydrogens (tertiary/aromatic N) is 6. The van der Waals surface area contributed by atoms with Gasteiger partial charge in [-0.15, -0.1) is 0 Å². The molecule has 0 radical (unpaired) electrons. The van der Waals surface area contributed by atoms with Crippen molar-refractivity contribution >= 4 is 39.2 Å². The van der Waals surface area contributed by atoms with Crippen molar-refractivity contribution in [2.24, 2.45) is 0 Å². The highest BCUT2D eigenvalue weighted by Gasteiger charge is 2.29. The largest absolute Gasteiger partial charge is 0.496 e. The van der Waals surface area contributed by atoms with E-state index in [1.165, 1.54) is 6.20 Å². The van der Waals surface area contributed by atoms with E-state index in [1.807, 2.05) is 24.3 Å². The summed E-state index contributed by atoms with van der Waals surface area (Å²) < 4.78 is 73.0.